The van der Waals surface area contributed by atoms with Crippen LogP contribution in [0.3, 0.4) is 0 Å². The Bertz CT molecular complexity index is 714. The molecule has 0 unspecified atom stereocenters. The predicted octanol–water partition coefficient (Wildman–Crippen LogP) is 1.20. The molecule has 2 aromatic rings. The summed E-state index contributed by atoms with van der Waals surface area (Å²) in [6.45, 7) is 0.975. The lowest BCUT2D eigenvalue weighted by atomic mass is 10.2. The van der Waals surface area contributed by atoms with E-state index in [1.807, 2.05) is 36.5 Å². The van der Waals surface area contributed by atoms with Crippen LogP contribution >= 0.6 is 0 Å². The maximum Gasteiger partial charge on any atom is 0.229 e. The molecule has 0 bridgehead atoms. The second-order valence-electron chi connectivity index (χ2n) is 5.66. The van der Waals surface area contributed by atoms with Crippen LogP contribution in [0, 0.1) is 0 Å². The van der Waals surface area contributed by atoms with Crippen LogP contribution < -0.4 is 15.0 Å². The molecule has 3 rings (SSSR count). The van der Waals surface area contributed by atoms with Gasteiger partial charge < -0.3 is 15.0 Å². The van der Waals surface area contributed by atoms with Crippen molar-refractivity contribution < 1.29 is 14.3 Å². The number of amides is 2. The summed E-state index contributed by atoms with van der Waals surface area (Å²) in [4.78, 5) is 26.0. The van der Waals surface area contributed by atoms with Gasteiger partial charge in [-0.15, -0.1) is 0 Å². The number of carbonyl (C=O) groups is 2. The van der Waals surface area contributed by atoms with Gasteiger partial charge >= 0.3 is 0 Å². The smallest absolute Gasteiger partial charge is 0.229 e. The molecule has 1 aromatic heterocycles. The molecule has 7 nitrogen and oxygen atoms in total. The Morgan fingerprint density at radius 1 is 1.38 bits per heavy atom. The molecule has 7 heteroatoms. The van der Waals surface area contributed by atoms with Gasteiger partial charge in [0.05, 0.1) is 18.8 Å². The zero-order chi connectivity index (χ0) is 16.9. The van der Waals surface area contributed by atoms with Gasteiger partial charge in [-0.2, -0.15) is 5.10 Å². The predicted molar refractivity (Wildman–Crippen MR) is 88.7 cm³/mol. The fourth-order valence-corrected chi connectivity index (χ4v) is 2.84. The van der Waals surface area contributed by atoms with Crippen molar-refractivity contribution in [2.75, 3.05) is 18.6 Å². The number of aryl methyl sites for hydroxylation is 1. The first-order valence-electron chi connectivity index (χ1n) is 7.87. The Morgan fingerprint density at radius 3 is 2.96 bits per heavy atom. The van der Waals surface area contributed by atoms with Gasteiger partial charge in [0.1, 0.15) is 5.75 Å². The first-order valence-corrected chi connectivity index (χ1v) is 7.87. The van der Waals surface area contributed by atoms with Crippen molar-refractivity contribution in [3.63, 3.8) is 0 Å². The maximum atomic E-state index is 12.3. The molecular weight excluding hydrogens is 308 g/mol. The SMILES string of the molecule is COc1ccccc1N1C[C@@H](NC(=O)CCn2cccn2)CC1=O. The monoisotopic (exact) mass is 328 g/mol. The number of aromatic nitrogens is 2. The van der Waals surface area contributed by atoms with Crippen LogP contribution in [0.25, 0.3) is 0 Å². The molecule has 0 radical (unpaired) electrons. The summed E-state index contributed by atoms with van der Waals surface area (Å²) in [5.41, 5.74) is 0.735. The number of rotatable bonds is 6. The van der Waals surface area contributed by atoms with E-state index < -0.39 is 0 Å². The lowest BCUT2D eigenvalue weighted by molar-refractivity contribution is -0.122. The van der Waals surface area contributed by atoms with E-state index in [1.165, 1.54) is 0 Å². The Balaban J connectivity index is 1.57. The van der Waals surface area contributed by atoms with Crippen molar-refractivity contribution in [2.45, 2.75) is 25.4 Å². The summed E-state index contributed by atoms with van der Waals surface area (Å²) in [7, 11) is 1.58. The van der Waals surface area contributed by atoms with Gasteiger partial charge in [-0.05, 0) is 18.2 Å². The van der Waals surface area contributed by atoms with Crippen LogP contribution in [0.1, 0.15) is 12.8 Å². The first kappa shape index (κ1) is 16.0. The second-order valence-corrected chi connectivity index (χ2v) is 5.66. The minimum Gasteiger partial charge on any atom is -0.495 e. The van der Waals surface area contributed by atoms with Crippen LogP contribution in [0.4, 0.5) is 5.69 Å². The van der Waals surface area contributed by atoms with Crippen molar-refractivity contribution in [3.05, 3.63) is 42.7 Å². The van der Waals surface area contributed by atoms with E-state index in [4.69, 9.17) is 4.74 Å². The molecule has 1 aliphatic heterocycles. The standard InChI is InChI=1S/C17H20N4O3/c1-24-15-6-3-2-5-14(15)21-12-13(11-17(21)23)19-16(22)7-10-20-9-4-8-18-20/h2-6,8-9,13H,7,10-12H2,1H3,(H,19,22)/t13-/m0/s1. The number of hydrogen-bond donors (Lipinski definition) is 1. The van der Waals surface area contributed by atoms with E-state index in [-0.39, 0.29) is 17.9 Å². The third kappa shape index (κ3) is 3.56. The number of nitrogens with one attached hydrogen (secondary N) is 1. The van der Waals surface area contributed by atoms with E-state index in [0.717, 1.165) is 5.69 Å². The zero-order valence-corrected chi connectivity index (χ0v) is 13.5. The maximum absolute atomic E-state index is 12.3. The summed E-state index contributed by atoms with van der Waals surface area (Å²) in [6, 6.07) is 9.02. The zero-order valence-electron chi connectivity index (χ0n) is 13.5. The molecule has 0 spiro atoms. The molecule has 0 aliphatic carbocycles. The molecule has 2 heterocycles. The highest BCUT2D eigenvalue weighted by atomic mass is 16.5. The van der Waals surface area contributed by atoms with Gasteiger partial charge in [0.2, 0.25) is 11.8 Å². The van der Waals surface area contributed by atoms with E-state index in [2.05, 4.69) is 10.4 Å². The molecule has 1 aliphatic rings. The number of hydrogen-bond acceptors (Lipinski definition) is 4. The highest BCUT2D eigenvalue weighted by molar-refractivity contribution is 5.98. The third-order valence-corrected chi connectivity index (χ3v) is 3.99. The van der Waals surface area contributed by atoms with Gasteiger partial charge in [-0.3, -0.25) is 14.3 Å². The normalized spacial score (nSPS) is 17.1. The summed E-state index contributed by atoms with van der Waals surface area (Å²) >= 11 is 0. The van der Waals surface area contributed by atoms with E-state index in [0.29, 0.717) is 31.7 Å². The largest absolute Gasteiger partial charge is 0.495 e. The number of para-hydroxylation sites is 2. The summed E-state index contributed by atoms with van der Waals surface area (Å²) in [5.74, 6) is 0.554. The molecule has 1 atom stereocenters. The number of carbonyl (C=O) groups excluding carboxylic acids is 2. The number of benzene rings is 1. The Morgan fingerprint density at radius 2 is 2.21 bits per heavy atom. The Labute approximate surface area is 140 Å². The van der Waals surface area contributed by atoms with Crippen LogP contribution in [0.5, 0.6) is 5.75 Å². The van der Waals surface area contributed by atoms with Crippen molar-refractivity contribution >= 4 is 17.5 Å². The molecule has 1 fully saturated rings. The fourth-order valence-electron chi connectivity index (χ4n) is 2.84. The van der Waals surface area contributed by atoms with Crippen molar-refractivity contribution in [1.29, 1.82) is 0 Å². The average molecular weight is 328 g/mol. The number of anilines is 1. The summed E-state index contributed by atoms with van der Waals surface area (Å²) < 4.78 is 7.02. The van der Waals surface area contributed by atoms with Crippen molar-refractivity contribution in [2.24, 2.45) is 0 Å². The van der Waals surface area contributed by atoms with E-state index >= 15 is 0 Å². The van der Waals surface area contributed by atoms with E-state index in [1.54, 1.807) is 22.9 Å². The second kappa shape index (κ2) is 7.16. The molecule has 0 saturated carbocycles. The van der Waals surface area contributed by atoms with Crippen molar-refractivity contribution in [3.8, 4) is 5.75 Å². The summed E-state index contributed by atoms with van der Waals surface area (Å²) in [5, 5.41) is 6.99. The number of methoxy groups -OCH3 is 1. The molecule has 1 saturated heterocycles. The Kier molecular flexibility index (Phi) is 4.79. The Hall–Kier alpha value is -2.83. The minimum atomic E-state index is -0.187. The minimum absolute atomic E-state index is 0.0168. The molecule has 126 valence electrons. The quantitative estimate of drug-likeness (QED) is 0.864. The van der Waals surface area contributed by atoms with E-state index in [9.17, 15) is 9.59 Å². The lowest BCUT2D eigenvalue weighted by Crippen LogP contribution is -2.37. The van der Waals surface area contributed by atoms with Crippen LogP contribution in [0.15, 0.2) is 42.7 Å². The average Bonchev–Trinajstić information content (AvgIpc) is 3.22. The van der Waals surface area contributed by atoms with Crippen LogP contribution in [-0.4, -0.2) is 41.3 Å². The topological polar surface area (TPSA) is 76.5 Å². The van der Waals surface area contributed by atoms with Gasteiger partial charge in [0, 0.05) is 38.3 Å². The number of nitrogens with zero attached hydrogens (tertiary/aromatic N) is 3. The highest BCUT2D eigenvalue weighted by Crippen LogP contribution is 2.30. The van der Waals surface area contributed by atoms with Gasteiger partial charge in [-0.1, -0.05) is 12.1 Å². The summed E-state index contributed by atoms with van der Waals surface area (Å²) in [6.07, 6.45) is 4.13. The van der Waals surface area contributed by atoms with Crippen molar-refractivity contribution in [1.82, 2.24) is 15.1 Å². The van der Waals surface area contributed by atoms with Gasteiger partial charge in [0.15, 0.2) is 0 Å². The molecular formula is C17H20N4O3. The van der Waals surface area contributed by atoms with Gasteiger partial charge in [0.25, 0.3) is 0 Å². The molecule has 1 aromatic carbocycles. The lowest BCUT2D eigenvalue weighted by Gasteiger charge is -2.19. The number of ether oxygens (including phenoxy) is 1. The van der Waals surface area contributed by atoms with Crippen LogP contribution in [0.2, 0.25) is 0 Å². The first-order chi connectivity index (χ1) is 11.7. The fraction of sp³-hybridized carbons (Fsp3) is 0.353. The third-order valence-electron chi connectivity index (χ3n) is 3.99. The molecule has 24 heavy (non-hydrogen) atoms. The van der Waals surface area contributed by atoms with Crippen LogP contribution in [-0.2, 0) is 16.1 Å². The molecule has 2 amide bonds. The van der Waals surface area contributed by atoms with Gasteiger partial charge in [-0.25, -0.2) is 0 Å². The highest BCUT2D eigenvalue weighted by Gasteiger charge is 2.32. The molecule has 1 N–H and O–H groups in total.